The number of hydrogen-bond donors (Lipinski definition) is 1. The third-order valence-electron chi connectivity index (χ3n) is 3.44. The summed E-state index contributed by atoms with van der Waals surface area (Å²) >= 11 is 0. The lowest BCUT2D eigenvalue weighted by Crippen LogP contribution is -2.48. The van der Waals surface area contributed by atoms with E-state index in [4.69, 9.17) is 4.74 Å². The van der Waals surface area contributed by atoms with E-state index in [1.54, 1.807) is 12.4 Å². The van der Waals surface area contributed by atoms with Gasteiger partial charge in [0.05, 0.1) is 18.4 Å². The van der Waals surface area contributed by atoms with Crippen molar-refractivity contribution in [1.82, 2.24) is 20.2 Å². The van der Waals surface area contributed by atoms with E-state index in [-0.39, 0.29) is 17.6 Å². The maximum absolute atomic E-state index is 11.9. The maximum atomic E-state index is 11.9. The van der Waals surface area contributed by atoms with Gasteiger partial charge in [-0.15, -0.1) is 0 Å². The summed E-state index contributed by atoms with van der Waals surface area (Å²) in [5, 5.41) is 2.99. The van der Waals surface area contributed by atoms with E-state index < -0.39 is 0 Å². The minimum Gasteiger partial charge on any atom is -0.473 e. The molecule has 1 N–H and O–H groups in total. The topological polar surface area (TPSA) is 67.3 Å². The van der Waals surface area contributed by atoms with E-state index in [9.17, 15) is 4.79 Å². The van der Waals surface area contributed by atoms with E-state index in [0.29, 0.717) is 12.4 Å². The Hall–Kier alpha value is -1.69. The first-order valence-electron chi connectivity index (χ1n) is 7.80. The molecular formula is C16H26N4O2. The molecule has 0 bridgehead atoms. The van der Waals surface area contributed by atoms with Crippen LogP contribution in [0.2, 0.25) is 0 Å². The molecule has 0 unspecified atom stereocenters. The molecule has 0 aliphatic carbocycles. The molecule has 2 rings (SSSR count). The Kier molecular flexibility index (Phi) is 5.34. The van der Waals surface area contributed by atoms with Gasteiger partial charge in [-0.2, -0.15) is 0 Å². The van der Waals surface area contributed by atoms with Gasteiger partial charge in [0.1, 0.15) is 6.10 Å². The molecule has 1 amide bonds. The smallest absolute Gasteiger partial charge is 0.234 e. The van der Waals surface area contributed by atoms with Crippen LogP contribution in [0.25, 0.3) is 0 Å². The summed E-state index contributed by atoms with van der Waals surface area (Å²) in [6, 6.07) is 0. The molecule has 6 heteroatoms. The summed E-state index contributed by atoms with van der Waals surface area (Å²) in [4.78, 5) is 22.5. The molecule has 2 heterocycles. The molecule has 1 aliphatic rings. The number of ether oxygens (including phenoxy) is 1. The minimum absolute atomic E-state index is 0.0800. The SMILES string of the molecule is Cc1cncc(OC2CCN(CC(=O)NC(C)(C)C)CC2)n1. The van der Waals surface area contributed by atoms with Gasteiger partial charge in [0, 0.05) is 24.8 Å². The van der Waals surface area contributed by atoms with Gasteiger partial charge in [0.15, 0.2) is 0 Å². The van der Waals surface area contributed by atoms with Crippen molar-refractivity contribution in [2.75, 3.05) is 19.6 Å². The predicted molar refractivity (Wildman–Crippen MR) is 84.8 cm³/mol. The highest BCUT2D eigenvalue weighted by molar-refractivity contribution is 5.78. The molecule has 6 nitrogen and oxygen atoms in total. The first-order chi connectivity index (χ1) is 10.3. The Morgan fingerprint density at radius 2 is 2.05 bits per heavy atom. The molecule has 0 aromatic carbocycles. The molecule has 22 heavy (non-hydrogen) atoms. The van der Waals surface area contributed by atoms with Crippen molar-refractivity contribution in [3.8, 4) is 5.88 Å². The third-order valence-corrected chi connectivity index (χ3v) is 3.44. The number of piperidine rings is 1. The van der Waals surface area contributed by atoms with Crippen molar-refractivity contribution in [2.45, 2.75) is 52.2 Å². The summed E-state index contributed by atoms with van der Waals surface area (Å²) in [7, 11) is 0. The minimum atomic E-state index is -0.178. The van der Waals surface area contributed by atoms with Crippen LogP contribution in [0.15, 0.2) is 12.4 Å². The second kappa shape index (κ2) is 7.05. The van der Waals surface area contributed by atoms with E-state index in [2.05, 4.69) is 20.2 Å². The van der Waals surface area contributed by atoms with Crippen LogP contribution < -0.4 is 10.1 Å². The molecule has 1 saturated heterocycles. The molecule has 122 valence electrons. The number of aryl methyl sites for hydroxylation is 1. The number of carbonyl (C=O) groups is 1. The Morgan fingerprint density at radius 1 is 1.36 bits per heavy atom. The zero-order chi connectivity index (χ0) is 16.2. The Morgan fingerprint density at radius 3 is 2.64 bits per heavy atom. The molecule has 1 fully saturated rings. The van der Waals surface area contributed by atoms with Gasteiger partial charge in [-0.1, -0.05) is 0 Å². The number of rotatable bonds is 4. The van der Waals surface area contributed by atoms with E-state index in [0.717, 1.165) is 31.6 Å². The van der Waals surface area contributed by atoms with E-state index in [1.807, 2.05) is 27.7 Å². The van der Waals surface area contributed by atoms with Crippen molar-refractivity contribution in [1.29, 1.82) is 0 Å². The van der Waals surface area contributed by atoms with Crippen molar-refractivity contribution in [3.63, 3.8) is 0 Å². The second-order valence-electron chi connectivity index (χ2n) is 6.89. The van der Waals surface area contributed by atoms with Crippen molar-refractivity contribution >= 4 is 5.91 Å². The average molecular weight is 306 g/mol. The van der Waals surface area contributed by atoms with Crippen LogP contribution in [0.5, 0.6) is 5.88 Å². The fraction of sp³-hybridized carbons (Fsp3) is 0.688. The highest BCUT2D eigenvalue weighted by Crippen LogP contribution is 2.16. The predicted octanol–water partition coefficient (Wildman–Crippen LogP) is 1.54. The molecule has 1 aromatic rings. The molecule has 1 aromatic heterocycles. The van der Waals surface area contributed by atoms with Crippen LogP contribution in [-0.2, 0) is 4.79 Å². The third kappa shape index (κ3) is 5.60. The molecule has 0 atom stereocenters. The molecule has 0 spiro atoms. The van der Waals surface area contributed by atoms with Crippen molar-refractivity contribution in [2.24, 2.45) is 0 Å². The standard InChI is InChI=1S/C16H26N4O2/c1-12-9-17-10-15(18-12)22-13-5-7-20(8-6-13)11-14(21)19-16(2,3)4/h9-10,13H,5-8,11H2,1-4H3,(H,19,21). The first-order valence-corrected chi connectivity index (χ1v) is 7.80. The monoisotopic (exact) mass is 306 g/mol. The highest BCUT2D eigenvalue weighted by Gasteiger charge is 2.23. The molecule has 0 saturated carbocycles. The first kappa shape index (κ1) is 16.7. The normalized spacial score (nSPS) is 17.3. The Labute approximate surface area is 132 Å². The van der Waals surface area contributed by atoms with Gasteiger partial charge in [-0.25, -0.2) is 4.98 Å². The van der Waals surface area contributed by atoms with Crippen LogP contribution in [-0.4, -0.2) is 52.1 Å². The number of aromatic nitrogens is 2. The second-order valence-corrected chi connectivity index (χ2v) is 6.89. The van der Waals surface area contributed by atoms with Crippen LogP contribution in [0.3, 0.4) is 0 Å². The van der Waals surface area contributed by atoms with E-state index in [1.165, 1.54) is 0 Å². The lowest BCUT2D eigenvalue weighted by atomic mass is 10.1. The lowest BCUT2D eigenvalue weighted by molar-refractivity contribution is -0.124. The quantitative estimate of drug-likeness (QED) is 0.914. The largest absolute Gasteiger partial charge is 0.473 e. The van der Waals surface area contributed by atoms with Gasteiger partial charge < -0.3 is 10.1 Å². The number of hydrogen-bond acceptors (Lipinski definition) is 5. The summed E-state index contributed by atoms with van der Waals surface area (Å²) in [6.45, 7) is 10.1. The average Bonchev–Trinajstić information content (AvgIpc) is 2.39. The number of nitrogens with zero attached hydrogens (tertiary/aromatic N) is 3. The Bertz CT molecular complexity index is 505. The zero-order valence-electron chi connectivity index (χ0n) is 13.9. The summed E-state index contributed by atoms with van der Waals surface area (Å²) in [5.74, 6) is 0.667. The highest BCUT2D eigenvalue weighted by atomic mass is 16.5. The van der Waals surface area contributed by atoms with Gasteiger partial charge in [-0.3, -0.25) is 14.7 Å². The van der Waals surface area contributed by atoms with Gasteiger partial charge in [-0.05, 0) is 40.5 Å². The number of amides is 1. The van der Waals surface area contributed by atoms with Gasteiger partial charge in [0.25, 0.3) is 0 Å². The molecule has 0 radical (unpaired) electrons. The van der Waals surface area contributed by atoms with Gasteiger partial charge in [0.2, 0.25) is 11.8 Å². The lowest BCUT2D eigenvalue weighted by Gasteiger charge is -2.32. The van der Waals surface area contributed by atoms with Crippen LogP contribution in [0.4, 0.5) is 0 Å². The van der Waals surface area contributed by atoms with Crippen LogP contribution in [0.1, 0.15) is 39.3 Å². The van der Waals surface area contributed by atoms with Crippen molar-refractivity contribution < 1.29 is 9.53 Å². The van der Waals surface area contributed by atoms with Gasteiger partial charge >= 0.3 is 0 Å². The maximum Gasteiger partial charge on any atom is 0.234 e. The Balaban J connectivity index is 1.75. The van der Waals surface area contributed by atoms with E-state index >= 15 is 0 Å². The van der Waals surface area contributed by atoms with Crippen LogP contribution in [0, 0.1) is 6.92 Å². The number of likely N-dealkylation sites (tertiary alicyclic amines) is 1. The van der Waals surface area contributed by atoms with Crippen LogP contribution >= 0.6 is 0 Å². The zero-order valence-corrected chi connectivity index (χ0v) is 13.9. The molecular weight excluding hydrogens is 280 g/mol. The number of carbonyl (C=O) groups excluding carboxylic acids is 1. The number of nitrogens with one attached hydrogen (secondary N) is 1. The fourth-order valence-corrected chi connectivity index (χ4v) is 2.51. The fourth-order valence-electron chi connectivity index (χ4n) is 2.51. The molecule has 1 aliphatic heterocycles. The summed E-state index contributed by atoms with van der Waals surface area (Å²) in [5.41, 5.74) is 0.677. The van der Waals surface area contributed by atoms with Crippen molar-refractivity contribution in [3.05, 3.63) is 18.1 Å². The summed E-state index contributed by atoms with van der Waals surface area (Å²) in [6.07, 6.45) is 5.31. The summed E-state index contributed by atoms with van der Waals surface area (Å²) < 4.78 is 5.87.